The summed E-state index contributed by atoms with van der Waals surface area (Å²) in [4.78, 5) is 35.1. The molecule has 0 saturated carbocycles. The molecule has 2 aromatic heterocycles. The third-order valence-electron chi connectivity index (χ3n) is 6.88. The van der Waals surface area contributed by atoms with Crippen LogP contribution in [-0.2, 0) is 33.7 Å². The highest BCUT2D eigenvalue weighted by atomic mass is 35.5. The topological polar surface area (TPSA) is 68.3 Å². The van der Waals surface area contributed by atoms with Crippen LogP contribution in [0.25, 0.3) is 11.2 Å². The van der Waals surface area contributed by atoms with Gasteiger partial charge in [0.05, 0.1) is 13.1 Å². The van der Waals surface area contributed by atoms with Crippen LogP contribution in [0, 0.1) is 5.82 Å². The molecule has 0 spiro atoms. The van der Waals surface area contributed by atoms with E-state index in [1.54, 1.807) is 23.7 Å². The Morgan fingerprint density at radius 3 is 2.19 bits per heavy atom. The Bertz CT molecular complexity index is 1500. The Labute approximate surface area is 212 Å². The Balaban J connectivity index is 1.46. The van der Waals surface area contributed by atoms with Gasteiger partial charge in [-0.2, -0.15) is 0 Å². The molecule has 0 N–H and O–H groups in total. The molecule has 3 heterocycles. The van der Waals surface area contributed by atoms with Crippen LogP contribution in [0.1, 0.15) is 17.0 Å². The lowest BCUT2D eigenvalue weighted by atomic mass is 10.2. The highest BCUT2D eigenvalue weighted by Crippen LogP contribution is 2.23. The van der Waals surface area contributed by atoms with E-state index in [4.69, 9.17) is 16.6 Å². The van der Waals surface area contributed by atoms with Gasteiger partial charge in [0.25, 0.3) is 5.56 Å². The van der Waals surface area contributed by atoms with Crippen LogP contribution in [-0.4, -0.2) is 54.7 Å². The minimum atomic E-state index is -0.466. The van der Waals surface area contributed by atoms with Crippen molar-refractivity contribution in [2.24, 2.45) is 14.1 Å². The highest BCUT2D eigenvalue weighted by molar-refractivity contribution is 6.31. The first-order valence-electron chi connectivity index (χ1n) is 11.9. The van der Waals surface area contributed by atoms with Crippen LogP contribution >= 0.6 is 11.6 Å². The van der Waals surface area contributed by atoms with E-state index in [9.17, 15) is 14.0 Å². The third-order valence-corrected chi connectivity index (χ3v) is 7.24. The molecule has 0 atom stereocenters. The SMILES string of the molecule is Cn1c(=O)c2c(nc(CN3CCN(Cc4ccccc4)CC3)n2Cc2c(F)cccc2Cl)n(C)c1=O. The average molecular weight is 511 g/mol. The predicted molar refractivity (Wildman–Crippen MR) is 138 cm³/mol. The maximum absolute atomic E-state index is 14.7. The van der Waals surface area contributed by atoms with E-state index in [0.29, 0.717) is 12.4 Å². The van der Waals surface area contributed by atoms with E-state index in [0.717, 1.165) is 37.3 Å². The lowest BCUT2D eigenvalue weighted by molar-refractivity contribution is 0.119. The molecule has 36 heavy (non-hydrogen) atoms. The molecular weight excluding hydrogens is 483 g/mol. The predicted octanol–water partition coefficient (Wildman–Crippen LogP) is 2.59. The van der Waals surface area contributed by atoms with Gasteiger partial charge in [0.15, 0.2) is 11.2 Å². The molecule has 2 aromatic carbocycles. The summed E-state index contributed by atoms with van der Waals surface area (Å²) in [5, 5.41) is 0.277. The Morgan fingerprint density at radius 1 is 0.861 bits per heavy atom. The minimum absolute atomic E-state index is 0.0404. The van der Waals surface area contributed by atoms with Gasteiger partial charge in [-0.1, -0.05) is 48.0 Å². The molecule has 4 aromatic rings. The van der Waals surface area contributed by atoms with Gasteiger partial charge in [0.1, 0.15) is 11.6 Å². The first kappa shape index (κ1) is 24.4. The number of benzene rings is 2. The van der Waals surface area contributed by atoms with Gasteiger partial charge in [-0.3, -0.25) is 23.7 Å². The molecule has 0 aliphatic carbocycles. The van der Waals surface area contributed by atoms with E-state index in [1.165, 1.54) is 23.2 Å². The average Bonchev–Trinajstić information content (AvgIpc) is 3.23. The quantitative estimate of drug-likeness (QED) is 0.399. The van der Waals surface area contributed by atoms with Gasteiger partial charge < -0.3 is 4.57 Å². The van der Waals surface area contributed by atoms with E-state index < -0.39 is 17.1 Å². The summed E-state index contributed by atoms with van der Waals surface area (Å²) in [5.74, 6) is 0.144. The van der Waals surface area contributed by atoms with Crippen LogP contribution in [0.2, 0.25) is 5.02 Å². The van der Waals surface area contributed by atoms with Crippen molar-refractivity contribution in [2.75, 3.05) is 26.2 Å². The number of hydrogen-bond donors (Lipinski definition) is 0. The zero-order valence-corrected chi connectivity index (χ0v) is 21.1. The summed E-state index contributed by atoms with van der Waals surface area (Å²) in [6.07, 6.45) is 0. The van der Waals surface area contributed by atoms with Crippen molar-refractivity contribution in [2.45, 2.75) is 19.6 Å². The van der Waals surface area contributed by atoms with Gasteiger partial charge >= 0.3 is 5.69 Å². The second-order valence-corrected chi connectivity index (χ2v) is 9.64. The summed E-state index contributed by atoms with van der Waals surface area (Å²) in [6, 6.07) is 14.9. The Morgan fingerprint density at radius 2 is 1.53 bits per heavy atom. The van der Waals surface area contributed by atoms with Gasteiger partial charge in [-0.05, 0) is 17.7 Å². The van der Waals surface area contributed by atoms with Crippen LogP contribution in [0.15, 0.2) is 58.1 Å². The van der Waals surface area contributed by atoms with Crippen LogP contribution < -0.4 is 11.2 Å². The molecular formula is C26H28ClFN6O2. The van der Waals surface area contributed by atoms with Crippen molar-refractivity contribution in [3.05, 3.63) is 97.2 Å². The zero-order chi connectivity index (χ0) is 25.4. The maximum atomic E-state index is 14.7. The van der Waals surface area contributed by atoms with Crippen LogP contribution in [0.3, 0.4) is 0 Å². The van der Waals surface area contributed by atoms with Gasteiger partial charge in [-0.15, -0.1) is 0 Å². The molecule has 1 fully saturated rings. The van der Waals surface area contributed by atoms with Gasteiger partial charge in [-0.25, -0.2) is 14.2 Å². The monoisotopic (exact) mass is 510 g/mol. The molecule has 1 aliphatic heterocycles. The second kappa shape index (κ2) is 10.0. The fraction of sp³-hybridized carbons (Fsp3) is 0.346. The number of rotatable bonds is 6. The van der Waals surface area contributed by atoms with E-state index >= 15 is 0 Å². The largest absolute Gasteiger partial charge is 0.332 e. The van der Waals surface area contributed by atoms with E-state index in [-0.39, 0.29) is 28.3 Å². The van der Waals surface area contributed by atoms with Gasteiger partial charge in [0.2, 0.25) is 0 Å². The summed E-state index contributed by atoms with van der Waals surface area (Å²) in [6.45, 7) is 4.86. The number of imidazole rings is 1. The molecule has 1 aliphatic rings. The Hall–Kier alpha value is -3.27. The number of piperazine rings is 1. The minimum Gasteiger partial charge on any atom is -0.316 e. The molecule has 0 amide bonds. The molecule has 188 valence electrons. The maximum Gasteiger partial charge on any atom is 0.332 e. The zero-order valence-electron chi connectivity index (χ0n) is 20.3. The van der Waals surface area contributed by atoms with E-state index in [2.05, 4.69) is 34.1 Å². The summed E-state index contributed by atoms with van der Waals surface area (Å²) in [5.41, 5.74) is 1.19. The first-order chi connectivity index (χ1) is 17.3. The second-order valence-electron chi connectivity index (χ2n) is 9.23. The smallest absolute Gasteiger partial charge is 0.316 e. The number of aromatic nitrogens is 4. The molecule has 0 bridgehead atoms. The van der Waals surface area contributed by atoms with Crippen molar-refractivity contribution in [1.29, 1.82) is 0 Å². The normalized spacial score (nSPS) is 15.1. The van der Waals surface area contributed by atoms with Crippen molar-refractivity contribution in [1.82, 2.24) is 28.5 Å². The summed E-state index contributed by atoms with van der Waals surface area (Å²) >= 11 is 6.32. The molecule has 0 unspecified atom stereocenters. The first-order valence-corrected chi connectivity index (χ1v) is 12.3. The van der Waals surface area contributed by atoms with Crippen molar-refractivity contribution in [3.8, 4) is 0 Å². The number of fused-ring (bicyclic) bond motifs is 1. The van der Waals surface area contributed by atoms with Crippen molar-refractivity contribution in [3.63, 3.8) is 0 Å². The highest BCUT2D eigenvalue weighted by Gasteiger charge is 2.24. The summed E-state index contributed by atoms with van der Waals surface area (Å²) in [7, 11) is 3.02. The fourth-order valence-electron chi connectivity index (χ4n) is 4.77. The molecule has 0 radical (unpaired) electrons. The molecule has 10 heteroatoms. The van der Waals surface area contributed by atoms with Crippen LogP contribution in [0.4, 0.5) is 4.39 Å². The molecule has 1 saturated heterocycles. The van der Waals surface area contributed by atoms with Crippen LogP contribution in [0.5, 0.6) is 0 Å². The van der Waals surface area contributed by atoms with Gasteiger partial charge in [0, 0.05) is 57.4 Å². The Kier molecular flexibility index (Phi) is 6.79. The van der Waals surface area contributed by atoms with Crippen molar-refractivity contribution < 1.29 is 4.39 Å². The standard InChI is InChI=1S/C26H28ClFN6O2/c1-30-24-23(25(35)31(2)26(30)36)34(16-19-20(27)9-6-10-21(19)28)22(29-24)17-33-13-11-32(12-14-33)15-18-7-4-3-5-8-18/h3-10H,11-17H2,1-2H3. The third kappa shape index (κ3) is 4.61. The number of aryl methyl sites for hydroxylation is 1. The van der Waals surface area contributed by atoms with E-state index in [1.807, 2.05) is 6.07 Å². The lowest BCUT2D eigenvalue weighted by Crippen LogP contribution is -2.45. The molecule has 8 nitrogen and oxygen atoms in total. The molecule has 5 rings (SSSR count). The fourth-order valence-corrected chi connectivity index (χ4v) is 4.99. The number of nitrogens with zero attached hydrogens (tertiary/aromatic N) is 6. The summed E-state index contributed by atoms with van der Waals surface area (Å²) < 4.78 is 18.8. The number of hydrogen-bond acceptors (Lipinski definition) is 5. The van der Waals surface area contributed by atoms with Crippen molar-refractivity contribution >= 4 is 22.8 Å². The lowest BCUT2D eigenvalue weighted by Gasteiger charge is -2.34. The number of halogens is 2.